The molecule has 3 rings (SSSR count). The standard InChI is InChI=1S/C19H27NO4/c1-22-16-10-18(24-3)17(23-2)8-15(16)11-20-19(21)9-14-7-12-4-5-13(14)6-12/h8,10,12-14H,4-7,9,11H2,1-3H3,(H,20,21). The summed E-state index contributed by atoms with van der Waals surface area (Å²) in [4.78, 5) is 12.3. The molecule has 24 heavy (non-hydrogen) atoms. The van der Waals surface area contributed by atoms with E-state index in [9.17, 15) is 4.79 Å². The summed E-state index contributed by atoms with van der Waals surface area (Å²) in [6.07, 6.45) is 5.90. The number of fused-ring (bicyclic) bond motifs is 2. The second kappa shape index (κ2) is 7.32. The smallest absolute Gasteiger partial charge is 0.220 e. The number of methoxy groups -OCH3 is 3. The van der Waals surface area contributed by atoms with Crippen LogP contribution in [0.25, 0.3) is 0 Å². The molecule has 0 radical (unpaired) electrons. The summed E-state index contributed by atoms with van der Waals surface area (Å²) in [7, 11) is 4.80. The van der Waals surface area contributed by atoms with Crippen molar-refractivity contribution in [1.82, 2.24) is 5.32 Å². The third-order valence-electron chi connectivity index (χ3n) is 5.59. The Morgan fingerprint density at radius 2 is 1.75 bits per heavy atom. The molecule has 1 aromatic rings. The molecule has 2 aliphatic carbocycles. The number of benzene rings is 1. The molecular formula is C19H27NO4. The van der Waals surface area contributed by atoms with Crippen LogP contribution in [0.4, 0.5) is 0 Å². The Bertz CT molecular complexity index is 601. The fraction of sp³-hybridized carbons (Fsp3) is 0.632. The van der Waals surface area contributed by atoms with Gasteiger partial charge in [0.15, 0.2) is 11.5 Å². The summed E-state index contributed by atoms with van der Waals surface area (Å²) >= 11 is 0. The van der Waals surface area contributed by atoms with Crippen LogP contribution in [-0.4, -0.2) is 27.2 Å². The van der Waals surface area contributed by atoms with Gasteiger partial charge in [0.05, 0.1) is 21.3 Å². The predicted octanol–water partition coefficient (Wildman–Crippen LogP) is 3.15. The van der Waals surface area contributed by atoms with Gasteiger partial charge in [-0.1, -0.05) is 6.42 Å². The number of carbonyl (C=O) groups excluding carboxylic acids is 1. The molecule has 2 bridgehead atoms. The van der Waals surface area contributed by atoms with Gasteiger partial charge in [0, 0.05) is 24.6 Å². The number of amides is 1. The summed E-state index contributed by atoms with van der Waals surface area (Å²) in [6, 6.07) is 3.64. The van der Waals surface area contributed by atoms with Crippen LogP contribution < -0.4 is 19.5 Å². The van der Waals surface area contributed by atoms with Crippen molar-refractivity contribution in [2.24, 2.45) is 17.8 Å². The average molecular weight is 333 g/mol. The van der Waals surface area contributed by atoms with E-state index >= 15 is 0 Å². The van der Waals surface area contributed by atoms with Gasteiger partial charge in [0.2, 0.25) is 5.91 Å². The van der Waals surface area contributed by atoms with E-state index in [-0.39, 0.29) is 5.91 Å². The Kier molecular flexibility index (Phi) is 5.17. The highest BCUT2D eigenvalue weighted by atomic mass is 16.5. The highest BCUT2D eigenvalue weighted by Gasteiger charge is 2.40. The number of rotatable bonds is 7. The number of hydrogen-bond donors (Lipinski definition) is 1. The van der Waals surface area contributed by atoms with Crippen LogP contribution >= 0.6 is 0 Å². The maximum atomic E-state index is 12.3. The molecule has 2 saturated carbocycles. The van der Waals surface area contributed by atoms with Crippen molar-refractivity contribution in [1.29, 1.82) is 0 Å². The first kappa shape index (κ1) is 16.9. The lowest BCUT2D eigenvalue weighted by Gasteiger charge is -2.21. The lowest BCUT2D eigenvalue weighted by atomic mass is 9.86. The summed E-state index contributed by atoms with van der Waals surface area (Å²) in [5.41, 5.74) is 0.886. The molecule has 1 aromatic carbocycles. The van der Waals surface area contributed by atoms with E-state index in [1.54, 1.807) is 27.4 Å². The molecule has 3 unspecified atom stereocenters. The minimum atomic E-state index is 0.129. The molecule has 0 aliphatic heterocycles. The first-order valence-electron chi connectivity index (χ1n) is 8.70. The number of nitrogens with one attached hydrogen (secondary N) is 1. The van der Waals surface area contributed by atoms with Crippen LogP contribution in [0.5, 0.6) is 17.2 Å². The lowest BCUT2D eigenvalue weighted by molar-refractivity contribution is -0.122. The molecule has 1 N–H and O–H groups in total. The van der Waals surface area contributed by atoms with Crippen LogP contribution in [0, 0.1) is 17.8 Å². The zero-order chi connectivity index (χ0) is 17.1. The summed E-state index contributed by atoms with van der Waals surface area (Å²) in [6.45, 7) is 0.434. The van der Waals surface area contributed by atoms with Crippen LogP contribution in [0.2, 0.25) is 0 Å². The van der Waals surface area contributed by atoms with Gasteiger partial charge in [0.25, 0.3) is 0 Å². The second-order valence-electron chi connectivity index (χ2n) is 6.93. The van der Waals surface area contributed by atoms with Crippen molar-refractivity contribution in [2.75, 3.05) is 21.3 Å². The average Bonchev–Trinajstić information content (AvgIpc) is 3.21. The summed E-state index contributed by atoms with van der Waals surface area (Å²) in [5, 5.41) is 3.03. The zero-order valence-electron chi connectivity index (χ0n) is 14.8. The topological polar surface area (TPSA) is 56.8 Å². The monoisotopic (exact) mass is 333 g/mol. The van der Waals surface area contributed by atoms with Gasteiger partial charge in [-0.25, -0.2) is 0 Å². The Hall–Kier alpha value is -1.91. The van der Waals surface area contributed by atoms with Crippen LogP contribution in [0.1, 0.15) is 37.7 Å². The molecule has 0 aromatic heterocycles. The summed E-state index contributed by atoms with van der Waals surface area (Å²) < 4.78 is 16.0. The Morgan fingerprint density at radius 3 is 2.33 bits per heavy atom. The molecular weight excluding hydrogens is 306 g/mol. The molecule has 3 atom stereocenters. The molecule has 0 spiro atoms. The molecule has 1 amide bonds. The Morgan fingerprint density at radius 1 is 1.04 bits per heavy atom. The van der Waals surface area contributed by atoms with Crippen LogP contribution in [0.3, 0.4) is 0 Å². The van der Waals surface area contributed by atoms with Crippen molar-refractivity contribution in [3.8, 4) is 17.2 Å². The number of ether oxygens (including phenoxy) is 3. The molecule has 132 valence electrons. The van der Waals surface area contributed by atoms with Crippen molar-refractivity contribution in [3.05, 3.63) is 17.7 Å². The zero-order valence-corrected chi connectivity index (χ0v) is 14.8. The minimum Gasteiger partial charge on any atom is -0.496 e. The largest absolute Gasteiger partial charge is 0.496 e. The molecule has 5 heteroatoms. The van der Waals surface area contributed by atoms with Gasteiger partial charge >= 0.3 is 0 Å². The minimum absolute atomic E-state index is 0.129. The molecule has 0 heterocycles. The maximum absolute atomic E-state index is 12.3. The Balaban J connectivity index is 1.60. The van der Waals surface area contributed by atoms with Gasteiger partial charge in [-0.2, -0.15) is 0 Å². The van der Waals surface area contributed by atoms with E-state index in [1.807, 2.05) is 6.07 Å². The third-order valence-corrected chi connectivity index (χ3v) is 5.59. The van der Waals surface area contributed by atoms with Crippen molar-refractivity contribution >= 4 is 5.91 Å². The normalized spacial score (nSPS) is 24.7. The first-order chi connectivity index (χ1) is 11.6. The molecule has 2 aliphatic rings. The molecule has 2 fully saturated rings. The van der Waals surface area contributed by atoms with Crippen LogP contribution in [-0.2, 0) is 11.3 Å². The van der Waals surface area contributed by atoms with E-state index < -0.39 is 0 Å². The number of carbonyl (C=O) groups is 1. The van der Waals surface area contributed by atoms with E-state index in [2.05, 4.69) is 5.32 Å². The van der Waals surface area contributed by atoms with Crippen molar-refractivity contribution < 1.29 is 19.0 Å². The fourth-order valence-electron chi connectivity index (χ4n) is 4.36. The highest BCUT2D eigenvalue weighted by Crippen LogP contribution is 2.49. The van der Waals surface area contributed by atoms with E-state index in [0.717, 1.165) is 17.4 Å². The van der Waals surface area contributed by atoms with Gasteiger partial charge in [-0.15, -0.1) is 0 Å². The van der Waals surface area contributed by atoms with Crippen molar-refractivity contribution in [3.63, 3.8) is 0 Å². The SMILES string of the molecule is COc1cc(OC)c(OC)cc1CNC(=O)CC1CC2CCC1C2. The van der Waals surface area contributed by atoms with Crippen LogP contribution in [0.15, 0.2) is 12.1 Å². The maximum Gasteiger partial charge on any atom is 0.220 e. The molecule has 0 saturated heterocycles. The van der Waals surface area contributed by atoms with E-state index in [4.69, 9.17) is 14.2 Å². The van der Waals surface area contributed by atoms with Crippen molar-refractivity contribution in [2.45, 2.75) is 38.6 Å². The van der Waals surface area contributed by atoms with E-state index in [0.29, 0.717) is 36.1 Å². The molecule has 5 nitrogen and oxygen atoms in total. The Labute approximate surface area is 143 Å². The lowest BCUT2D eigenvalue weighted by Crippen LogP contribution is -2.27. The second-order valence-corrected chi connectivity index (χ2v) is 6.93. The highest BCUT2D eigenvalue weighted by molar-refractivity contribution is 5.76. The number of hydrogen-bond acceptors (Lipinski definition) is 4. The predicted molar refractivity (Wildman–Crippen MR) is 91.5 cm³/mol. The fourth-order valence-corrected chi connectivity index (χ4v) is 4.36. The van der Waals surface area contributed by atoms with Gasteiger partial charge in [-0.05, 0) is 43.1 Å². The van der Waals surface area contributed by atoms with Gasteiger partial charge < -0.3 is 19.5 Å². The quantitative estimate of drug-likeness (QED) is 0.833. The first-order valence-corrected chi connectivity index (χ1v) is 8.70. The summed E-state index contributed by atoms with van der Waals surface area (Å²) in [5.74, 6) is 4.30. The van der Waals surface area contributed by atoms with Gasteiger partial charge in [-0.3, -0.25) is 4.79 Å². The third kappa shape index (κ3) is 3.45. The van der Waals surface area contributed by atoms with Gasteiger partial charge in [0.1, 0.15) is 5.75 Å². The van der Waals surface area contributed by atoms with E-state index in [1.165, 1.54) is 25.7 Å².